The quantitative estimate of drug-likeness (QED) is 0.228. The number of ketones is 1. The van der Waals surface area contributed by atoms with Gasteiger partial charge in [0.15, 0.2) is 5.78 Å². The van der Waals surface area contributed by atoms with E-state index in [0.717, 1.165) is 23.2 Å². The van der Waals surface area contributed by atoms with Gasteiger partial charge in [0.05, 0.1) is 11.0 Å². The number of benzene rings is 3. The highest BCUT2D eigenvalue weighted by Crippen LogP contribution is 2.51. The highest BCUT2D eigenvalue weighted by Gasteiger charge is 2.40. The van der Waals surface area contributed by atoms with Crippen LogP contribution in [0.4, 0.5) is 11.4 Å². The lowest BCUT2D eigenvalue weighted by molar-refractivity contribution is -0.384. The maximum atomic E-state index is 13.3. The molecule has 154 valence electrons. The van der Waals surface area contributed by atoms with Crippen molar-refractivity contribution >= 4 is 28.8 Å². The first-order chi connectivity index (χ1) is 15.0. The van der Waals surface area contributed by atoms with Crippen LogP contribution in [0.5, 0.6) is 0 Å². The van der Waals surface area contributed by atoms with Gasteiger partial charge in [0.25, 0.3) is 5.69 Å². The Labute approximate surface area is 184 Å². The molecule has 3 aromatic rings. The maximum Gasteiger partial charge on any atom is 0.269 e. The summed E-state index contributed by atoms with van der Waals surface area (Å²) in [6, 6.07) is 19.3. The van der Waals surface area contributed by atoms with Crippen molar-refractivity contribution in [3.63, 3.8) is 0 Å². The van der Waals surface area contributed by atoms with Crippen molar-refractivity contribution in [2.24, 2.45) is 5.92 Å². The molecule has 3 atom stereocenters. The average Bonchev–Trinajstić information content (AvgIpc) is 3.29. The van der Waals surface area contributed by atoms with Crippen molar-refractivity contribution in [2.45, 2.75) is 18.4 Å². The zero-order valence-corrected chi connectivity index (χ0v) is 17.3. The van der Waals surface area contributed by atoms with Gasteiger partial charge >= 0.3 is 0 Å². The number of non-ortho nitro benzene ring substituents is 1. The molecule has 0 unspecified atom stereocenters. The van der Waals surface area contributed by atoms with E-state index in [4.69, 9.17) is 11.6 Å². The highest BCUT2D eigenvalue weighted by atomic mass is 35.5. The number of nitrogens with one attached hydrogen (secondary N) is 1. The van der Waals surface area contributed by atoms with Gasteiger partial charge in [-0.05, 0) is 35.6 Å². The largest absolute Gasteiger partial charge is 0.377 e. The van der Waals surface area contributed by atoms with Crippen LogP contribution in [-0.4, -0.2) is 10.7 Å². The van der Waals surface area contributed by atoms with Crippen LogP contribution in [0.1, 0.15) is 45.4 Å². The van der Waals surface area contributed by atoms with E-state index in [-0.39, 0.29) is 34.3 Å². The smallest absolute Gasteiger partial charge is 0.269 e. The van der Waals surface area contributed by atoms with Gasteiger partial charge < -0.3 is 5.32 Å². The summed E-state index contributed by atoms with van der Waals surface area (Å²) in [5.74, 6) is 0.166. The normalized spacial score (nSPS) is 21.1. The number of anilines is 1. The minimum absolute atomic E-state index is 0.0595. The number of nitro benzene ring substituents is 1. The molecule has 1 aliphatic heterocycles. The molecular weight excluding hydrogens is 412 g/mol. The molecule has 2 aliphatic rings. The molecule has 0 radical (unpaired) electrons. The fourth-order valence-electron chi connectivity index (χ4n) is 4.75. The topological polar surface area (TPSA) is 72.2 Å². The van der Waals surface area contributed by atoms with Gasteiger partial charge in [-0.3, -0.25) is 14.9 Å². The summed E-state index contributed by atoms with van der Waals surface area (Å²) in [6.07, 6.45) is 5.14. The molecule has 5 rings (SSSR count). The van der Waals surface area contributed by atoms with Crippen LogP contribution >= 0.6 is 11.6 Å². The number of carbonyl (C=O) groups is 1. The molecule has 0 aromatic heterocycles. The molecule has 1 N–H and O–H groups in total. The average molecular weight is 431 g/mol. The third-order valence-corrected chi connectivity index (χ3v) is 6.37. The third kappa shape index (κ3) is 3.41. The first kappa shape index (κ1) is 19.5. The van der Waals surface area contributed by atoms with E-state index in [0.29, 0.717) is 16.1 Å². The number of rotatable bonds is 4. The van der Waals surface area contributed by atoms with Gasteiger partial charge in [-0.15, -0.1) is 0 Å². The van der Waals surface area contributed by atoms with E-state index in [1.54, 1.807) is 30.3 Å². The van der Waals surface area contributed by atoms with Crippen molar-refractivity contribution in [3.05, 3.63) is 116 Å². The predicted octanol–water partition coefficient (Wildman–Crippen LogP) is 6.31. The molecule has 0 fully saturated rings. The van der Waals surface area contributed by atoms with E-state index in [2.05, 4.69) is 17.5 Å². The lowest BCUT2D eigenvalue weighted by Gasteiger charge is -2.38. The van der Waals surface area contributed by atoms with Crippen LogP contribution in [0.3, 0.4) is 0 Å². The highest BCUT2D eigenvalue weighted by molar-refractivity contribution is 6.31. The van der Waals surface area contributed by atoms with Gasteiger partial charge in [0.1, 0.15) is 0 Å². The summed E-state index contributed by atoms with van der Waals surface area (Å²) in [5, 5.41) is 15.4. The standard InChI is InChI=1S/C25H19ClN2O3/c26-17-13-21-19-10-5-11-20(19)23(16-8-4-9-18(12-16)28(30)31)27-24(21)22(14-17)25(29)15-6-2-1-3-7-15/h1-10,12-14,19-20,23,27H,11H2/t19-,20+,23-/m1/s1. The van der Waals surface area contributed by atoms with Gasteiger partial charge in [0, 0.05) is 39.9 Å². The zero-order valence-electron chi connectivity index (χ0n) is 16.5. The van der Waals surface area contributed by atoms with E-state index >= 15 is 0 Å². The summed E-state index contributed by atoms with van der Waals surface area (Å²) in [7, 11) is 0. The molecule has 31 heavy (non-hydrogen) atoms. The molecule has 5 nitrogen and oxygen atoms in total. The predicted molar refractivity (Wildman–Crippen MR) is 121 cm³/mol. The Balaban J connectivity index is 1.64. The van der Waals surface area contributed by atoms with Gasteiger partial charge in [-0.2, -0.15) is 0 Å². The number of hydrogen-bond acceptors (Lipinski definition) is 4. The Morgan fingerprint density at radius 1 is 1.06 bits per heavy atom. The fraction of sp³-hybridized carbons (Fsp3) is 0.160. The Kier molecular flexibility index (Phi) is 4.83. The molecule has 0 saturated heterocycles. The number of fused-ring (bicyclic) bond motifs is 3. The summed E-state index contributed by atoms with van der Waals surface area (Å²) in [6.45, 7) is 0. The molecule has 6 heteroatoms. The van der Waals surface area contributed by atoms with Crippen LogP contribution in [0.2, 0.25) is 5.02 Å². The second kappa shape index (κ2) is 7.67. The Morgan fingerprint density at radius 2 is 1.87 bits per heavy atom. The zero-order chi connectivity index (χ0) is 21.5. The molecule has 1 heterocycles. The summed E-state index contributed by atoms with van der Waals surface area (Å²) < 4.78 is 0. The van der Waals surface area contributed by atoms with E-state index in [9.17, 15) is 14.9 Å². The van der Waals surface area contributed by atoms with Crippen molar-refractivity contribution < 1.29 is 9.72 Å². The van der Waals surface area contributed by atoms with Crippen molar-refractivity contribution in [2.75, 3.05) is 5.32 Å². The van der Waals surface area contributed by atoms with Crippen LogP contribution in [-0.2, 0) is 0 Å². The lowest BCUT2D eigenvalue weighted by Crippen LogP contribution is -2.30. The van der Waals surface area contributed by atoms with Crippen LogP contribution in [0.15, 0.2) is 78.9 Å². The number of hydrogen-bond donors (Lipinski definition) is 1. The Hall–Kier alpha value is -3.44. The summed E-state index contributed by atoms with van der Waals surface area (Å²) in [5.41, 5.74) is 3.75. The summed E-state index contributed by atoms with van der Waals surface area (Å²) in [4.78, 5) is 24.3. The van der Waals surface area contributed by atoms with E-state index in [1.165, 1.54) is 6.07 Å². The fourth-order valence-corrected chi connectivity index (χ4v) is 4.98. The van der Waals surface area contributed by atoms with E-state index < -0.39 is 0 Å². The second-order valence-corrected chi connectivity index (χ2v) is 8.38. The van der Waals surface area contributed by atoms with Gasteiger partial charge in [-0.1, -0.05) is 66.2 Å². The molecule has 0 spiro atoms. The Bertz CT molecular complexity index is 1220. The number of nitrogens with zero attached hydrogens (tertiary/aromatic N) is 1. The molecule has 0 bridgehead atoms. The van der Waals surface area contributed by atoms with Crippen molar-refractivity contribution in [1.82, 2.24) is 0 Å². The third-order valence-electron chi connectivity index (χ3n) is 6.15. The maximum absolute atomic E-state index is 13.3. The van der Waals surface area contributed by atoms with Crippen molar-refractivity contribution in [3.8, 4) is 0 Å². The lowest BCUT2D eigenvalue weighted by atomic mass is 9.76. The molecule has 0 amide bonds. The Morgan fingerprint density at radius 3 is 2.65 bits per heavy atom. The number of carbonyl (C=O) groups excluding carboxylic acids is 1. The van der Waals surface area contributed by atoms with Crippen molar-refractivity contribution in [1.29, 1.82) is 0 Å². The van der Waals surface area contributed by atoms with Crippen LogP contribution < -0.4 is 5.32 Å². The number of halogens is 1. The first-order valence-corrected chi connectivity index (χ1v) is 10.5. The van der Waals surface area contributed by atoms with Gasteiger partial charge in [0.2, 0.25) is 0 Å². The first-order valence-electron chi connectivity index (χ1n) is 10.1. The minimum Gasteiger partial charge on any atom is -0.377 e. The molecule has 3 aromatic carbocycles. The van der Waals surface area contributed by atoms with Crippen LogP contribution in [0.25, 0.3) is 0 Å². The minimum atomic E-state index is -0.380. The van der Waals surface area contributed by atoms with Crippen LogP contribution in [0, 0.1) is 16.0 Å². The SMILES string of the molecule is O=C(c1ccccc1)c1cc(Cl)cc2c1N[C@H](c1cccc([N+](=O)[O-])c1)[C@H]1CC=C[C@@H]21. The molecule has 1 aliphatic carbocycles. The molecular formula is C25H19ClN2O3. The number of allylic oxidation sites excluding steroid dienone is 2. The second-order valence-electron chi connectivity index (χ2n) is 7.94. The van der Waals surface area contributed by atoms with Gasteiger partial charge in [-0.25, -0.2) is 0 Å². The monoisotopic (exact) mass is 430 g/mol. The number of nitro groups is 1. The van der Waals surface area contributed by atoms with E-state index in [1.807, 2.05) is 30.3 Å². The molecule has 0 saturated carbocycles. The summed E-state index contributed by atoms with van der Waals surface area (Å²) >= 11 is 6.43.